The van der Waals surface area contributed by atoms with Gasteiger partial charge in [-0.25, -0.2) is 10.8 Å². The summed E-state index contributed by atoms with van der Waals surface area (Å²) >= 11 is 1.66. The fourth-order valence-electron chi connectivity index (χ4n) is 1.80. The van der Waals surface area contributed by atoms with Gasteiger partial charge in [-0.2, -0.15) is 4.98 Å². The molecule has 0 amide bonds. The number of nitrogens with two attached hydrogens (primary N) is 1. The molecule has 0 aromatic carbocycles. The lowest BCUT2D eigenvalue weighted by Crippen LogP contribution is -2.12. The van der Waals surface area contributed by atoms with Crippen LogP contribution in [0.2, 0.25) is 0 Å². The minimum Gasteiger partial charge on any atom is -0.369 e. The van der Waals surface area contributed by atoms with E-state index in [1.165, 1.54) is 17.7 Å². The Balaban J connectivity index is 1.98. The summed E-state index contributed by atoms with van der Waals surface area (Å²) < 4.78 is 0. The Morgan fingerprint density at radius 3 is 3.00 bits per heavy atom. The number of nitrogens with one attached hydrogen (secondary N) is 2. The van der Waals surface area contributed by atoms with Gasteiger partial charge in [0.05, 0.1) is 5.39 Å². The maximum absolute atomic E-state index is 5.39. The summed E-state index contributed by atoms with van der Waals surface area (Å²) in [6.07, 6.45) is 2.65. The summed E-state index contributed by atoms with van der Waals surface area (Å²) in [7, 11) is 0. The Bertz CT molecular complexity index is 546. The van der Waals surface area contributed by atoms with Crippen LogP contribution in [0.25, 0.3) is 10.2 Å². The highest BCUT2D eigenvalue weighted by Gasteiger charge is 2.21. The van der Waals surface area contributed by atoms with E-state index in [1.54, 1.807) is 11.3 Å². The molecule has 1 aliphatic carbocycles. The van der Waals surface area contributed by atoms with Crippen molar-refractivity contribution in [1.29, 1.82) is 0 Å². The molecule has 2 heterocycles. The highest BCUT2D eigenvalue weighted by molar-refractivity contribution is 7.18. The van der Waals surface area contributed by atoms with Crippen LogP contribution < -0.4 is 16.6 Å². The van der Waals surface area contributed by atoms with Gasteiger partial charge in [0.2, 0.25) is 5.95 Å². The molecule has 4 N–H and O–H groups in total. The van der Waals surface area contributed by atoms with Gasteiger partial charge in [0.1, 0.15) is 10.6 Å². The Kier molecular flexibility index (Phi) is 2.60. The minimum absolute atomic E-state index is 0.470. The van der Waals surface area contributed by atoms with E-state index in [-0.39, 0.29) is 0 Å². The first-order chi connectivity index (χ1) is 8.26. The van der Waals surface area contributed by atoms with Crippen LogP contribution >= 0.6 is 11.3 Å². The van der Waals surface area contributed by atoms with Crippen LogP contribution in [-0.2, 0) is 0 Å². The molecule has 2 aromatic heterocycles. The van der Waals surface area contributed by atoms with Crippen LogP contribution in [0.4, 0.5) is 11.8 Å². The molecule has 5 nitrogen and oxygen atoms in total. The molecule has 0 spiro atoms. The lowest BCUT2D eigenvalue weighted by Gasteiger charge is -2.07. The monoisotopic (exact) mass is 249 g/mol. The quantitative estimate of drug-likeness (QED) is 0.571. The van der Waals surface area contributed by atoms with Gasteiger partial charge < -0.3 is 5.32 Å². The van der Waals surface area contributed by atoms with E-state index in [1.807, 2.05) is 0 Å². The number of anilines is 2. The van der Waals surface area contributed by atoms with Gasteiger partial charge in [0.25, 0.3) is 0 Å². The molecule has 90 valence electrons. The van der Waals surface area contributed by atoms with Gasteiger partial charge in [-0.1, -0.05) is 0 Å². The first-order valence-electron chi connectivity index (χ1n) is 5.75. The molecule has 0 radical (unpaired) electrons. The number of nitrogens with zero attached hydrogens (tertiary/aromatic N) is 2. The lowest BCUT2D eigenvalue weighted by molar-refractivity contribution is 0.884. The number of fused-ring (bicyclic) bond motifs is 1. The predicted molar refractivity (Wildman–Crippen MR) is 71.2 cm³/mol. The molecule has 0 aliphatic heterocycles. The maximum Gasteiger partial charge on any atom is 0.240 e. The molecule has 1 saturated carbocycles. The van der Waals surface area contributed by atoms with Crippen LogP contribution in [0.1, 0.15) is 17.7 Å². The molecular weight excluding hydrogens is 234 g/mol. The molecule has 0 atom stereocenters. The van der Waals surface area contributed by atoms with Crippen LogP contribution in [-0.4, -0.2) is 16.5 Å². The second-order valence-electron chi connectivity index (χ2n) is 4.44. The van der Waals surface area contributed by atoms with Gasteiger partial charge in [0.15, 0.2) is 0 Å². The third-order valence-electron chi connectivity index (χ3n) is 2.90. The Labute approximate surface area is 103 Å². The van der Waals surface area contributed by atoms with Crippen molar-refractivity contribution in [2.45, 2.75) is 19.8 Å². The van der Waals surface area contributed by atoms with Crippen molar-refractivity contribution >= 4 is 33.3 Å². The molecule has 1 aliphatic rings. The average Bonchev–Trinajstić information content (AvgIpc) is 3.06. The van der Waals surface area contributed by atoms with Crippen LogP contribution in [0, 0.1) is 12.8 Å². The van der Waals surface area contributed by atoms with Crippen molar-refractivity contribution in [2.75, 3.05) is 17.3 Å². The highest BCUT2D eigenvalue weighted by Crippen LogP contribution is 2.32. The van der Waals surface area contributed by atoms with Crippen LogP contribution in [0.15, 0.2) is 6.07 Å². The molecule has 2 aromatic rings. The predicted octanol–water partition coefficient (Wildman–Crippen LogP) is 2.11. The Morgan fingerprint density at radius 1 is 1.47 bits per heavy atom. The first kappa shape index (κ1) is 10.7. The van der Waals surface area contributed by atoms with Gasteiger partial charge >= 0.3 is 0 Å². The standard InChI is InChI=1S/C11H15N5S/c1-6-4-8-9(13-5-7-2-3-7)14-11(16-12)15-10(8)17-6/h4,7H,2-3,5,12H2,1H3,(H2,13,14,15,16). The van der Waals surface area contributed by atoms with Crippen LogP contribution in [0.5, 0.6) is 0 Å². The summed E-state index contributed by atoms with van der Waals surface area (Å²) in [6, 6.07) is 2.12. The summed E-state index contributed by atoms with van der Waals surface area (Å²) in [5.74, 6) is 7.56. The molecule has 6 heteroatoms. The number of aryl methyl sites for hydroxylation is 1. The normalized spacial score (nSPS) is 15.2. The largest absolute Gasteiger partial charge is 0.369 e. The molecule has 0 unspecified atom stereocenters. The third-order valence-corrected chi connectivity index (χ3v) is 3.84. The van der Waals surface area contributed by atoms with Crippen molar-refractivity contribution in [3.8, 4) is 0 Å². The number of thiophene rings is 1. The lowest BCUT2D eigenvalue weighted by atomic mass is 10.3. The Morgan fingerprint density at radius 2 is 2.29 bits per heavy atom. The van der Waals surface area contributed by atoms with Crippen LogP contribution in [0.3, 0.4) is 0 Å². The maximum atomic E-state index is 5.39. The highest BCUT2D eigenvalue weighted by atomic mass is 32.1. The number of hydrogen-bond donors (Lipinski definition) is 3. The van der Waals surface area contributed by atoms with Crippen molar-refractivity contribution < 1.29 is 0 Å². The SMILES string of the molecule is Cc1cc2c(NCC3CC3)nc(NN)nc2s1. The van der Waals surface area contributed by atoms with E-state index >= 15 is 0 Å². The molecule has 1 fully saturated rings. The smallest absolute Gasteiger partial charge is 0.240 e. The van der Waals surface area contributed by atoms with Crippen molar-refractivity contribution in [3.05, 3.63) is 10.9 Å². The fraction of sp³-hybridized carbons (Fsp3) is 0.455. The third kappa shape index (κ3) is 2.18. The number of hydrogen-bond acceptors (Lipinski definition) is 6. The first-order valence-corrected chi connectivity index (χ1v) is 6.56. The van der Waals surface area contributed by atoms with E-state index in [9.17, 15) is 0 Å². The van der Waals surface area contributed by atoms with Crippen molar-refractivity contribution in [3.63, 3.8) is 0 Å². The summed E-state index contributed by atoms with van der Waals surface area (Å²) in [6.45, 7) is 3.07. The fourth-order valence-corrected chi connectivity index (χ4v) is 2.68. The average molecular weight is 249 g/mol. The summed E-state index contributed by atoms with van der Waals surface area (Å²) in [4.78, 5) is 10.9. The van der Waals surface area contributed by atoms with Gasteiger partial charge in [-0.15, -0.1) is 11.3 Å². The van der Waals surface area contributed by atoms with E-state index < -0.39 is 0 Å². The van der Waals surface area contributed by atoms with E-state index in [0.717, 1.165) is 28.5 Å². The second-order valence-corrected chi connectivity index (χ2v) is 5.68. The zero-order valence-corrected chi connectivity index (χ0v) is 10.5. The van der Waals surface area contributed by atoms with Gasteiger partial charge in [0, 0.05) is 11.4 Å². The zero-order valence-electron chi connectivity index (χ0n) is 9.66. The van der Waals surface area contributed by atoms with E-state index in [0.29, 0.717) is 5.95 Å². The Hall–Kier alpha value is -1.40. The summed E-state index contributed by atoms with van der Waals surface area (Å²) in [5, 5.41) is 4.49. The second kappa shape index (κ2) is 4.12. The van der Waals surface area contributed by atoms with E-state index in [2.05, 4.69) is 33.7 Å². The molecule has 3 rings (SSSR count). The number of rotatable bonds is 4. The van der Waals surface area contributed by atoms with Gasteiger partial charge in [-0.3, -0.25) is 5.43 Å². The van der Waals surface area contributed by atoms with Gasteiger partial charge in [-0.05, 0) is 31.7 Å². The van der Waals surface area contributed by atoms with Crippen molar-refractivity contribution in [1.82, 2.24) is 9.97 Å². The van der Waals surface area contributed by atoms with E-state index in [4.69, 9.17) is 5.84 Å². The zero-order chi connectivity index (χ0) is 11.8. The topological polar surface area (TPSA) is 75.9 Å². The molecule has 0 bridgehead atoms. The minimum atomic E-state index is 0.470. The number of hydrazine groups is 1. The molecule has 17 heavy (non-hydrogen) atoms. The number of aromatic nitrogens is 2. The molecular formula is C11H15N5S. The molecule has 0 saturated heterocycles. The van der Waals surface area contributed by atoms with Crippen molar-refractivity contribution in [2.24, 2.45) is 11.8 Å². The number of nitrogen functional groups attached to an aromatic ring is 1. The summed E-state index contributed by atoms with van der Waals surface area (Å²) in [5.41, 5.74) is 2.52.